The van der Waals surface area contributed by atoms with Crippen LogP contribution in [0.25, 0.3) is 0 Å². The first-order valence-corrected chi connectivity index (χ1v) is 7.84. The Bertz CT molecular complexity index is 350. The van der Waals surface area contributed by atoms with Crippen molar-refractivity contribution in [1.82, 2.24) is 5.32 Å². The second kappa shape index (κ2) is 6.21. The zero-order chi connectivity index (χ0) is 12.3. The molecular weight excluding hydrogens is 250 g/mol. The Morgan fingerprint density at radius 3 is 2.88 bits per heavy atom. The number of hydrogen-bond donors (Lipinski definition) is 1. The summed E-state index contributed by atoms with van der Waals surface area (Å²) in [4.78, 5) is 1.39. The third kappa shape index (κ3) is 3.70. The van der Waals surface area contributed by atoms with E-state index in [0.717, 1.165) is 29.1 Å². The van der Waals surface area contributed by atoms with E-state index in [9.17, 15) is 0 Å². The minimum Gasteiger partial charge on any atom is -0.313 e. The summed E-state index contributed by atoms with van der Waals surface area (Å²) in [7, 11) is 0. The monoisotopic (exact) mass is 271 g/mol. The Labute approximate surface area is 114 Å². The zero-order valence-electron chi connectivity index (χ0n) is 10.7. The normalized spacial score (nSPS) is 29.5. The van der Waals surface area contributed by atoms with Crippen molar-refractivity contribution in [2.75, 3.05) is 6.54 Å². The molecule has 1 aromatic heterocycles. The summed E-state index contributed by atoms with van der Waals surface area (Å²) in [5.74, 6) is 1.69. The van der Waals surface area contributed by atoms with E-state index in [4.69, 9.17) is 11.6 Å². The highest BCUT2D eigenvalue weighted by molar-refractivity contribution is 7.16. The van der Waals surface area contributed by atoms with E-state index < -0.39 is 0 Å². The molecule has 1 aliphatic rings. The molecule has 0 amide bonds. The van der Waals surface area contributed by atoms with Crippen molar-refractivity contribution >= 4 is 22.9 Å². The number of hydrogen-bond acceptors (Lipinski definition) is 2. The summed E-state index contributed by atoms with van der Waals surface area (Å²) in [6.07, 6.45) is 5.24. The van der Waals surface area contributed by atoms with Gasteiger partial charge in [-0.15, -0.1) is 11.3 Å². The molecule has 0 spiro atoms. The van der Waals surface area contributed by atoms with Gasteiger partial charge in [0.25, 0.3) is 0 Å². The van der Waals surface area contributed by atoms with Gasteiger partial charge in [-0.3, -0.25) is 0 Å². The molecule has 0 bridgehead atoms. The largest absolute Gasteiger partial charge is 0.313 e. The van der Waals surface area contributed by atoms with Crippen LogP contribution in [0.1, 0.15) is 38.0 Å². The SMILES string of the molecule is CC1CCCC(NCCc2ccc(Cl)s2)C1C. The molecule has 3 unspecified atom stereocenters. The Kier molecular flexibility index (Phi) is 4.89. The molecular formula is C14H22ClNS. The van der Waals surface area contributed by atoms with Gasteiger partial charge in [0.1, 0.15) is 0 Å². The van der Waals surface area contributed by atoms with Crippen LogP contribution in [0.5, 0.6) is 0 Å². The molecule has 1 N–H and O–H groups in total. The highest BCUT2D eigenvalue weighted by Crippen LogP contribution is 2.29. The molecule has 17 heavy (non-hydrogen) atoms. The molecule has 1 fully saturated rings. The van der Waals surface area contributed by atoms with Crippen LogP contribution in [0.15, 0.2) is 12.1 Å². The molecule has 3 atom stereocenters. The summed E-state index contributed by atoms with van der Waals surface area (Å²) in [5.41, 5.74) is 0. The fraction of sp³-hybridized carbons (Fsp3) is 0.714. The lowest BCUT2D eigenvalue weighted by Gasteiger charge is -2.34. The second-order valence-corrected chi connectivity index (χ2v) is 7.08. The summed E-state index contributed by atoms with van der Waals surface area (Å²) >= 11 is 7.63. The van der Waals surface area contributed by atoms with Crippen molar-refractivity contribution in [3.05, 3.63) is 21.3 Å². The minimum absolute atomic E-state index is 0.717. The lowest BCUT2D eigenvalue weighted by Crippen LogP contribution is -2.41. The van der Waals surface area contributed by atoms with Crippen LogP contribution in [-0.2, 0) is 6.42 Å². The van der Waals surface area contributed by atoms with Gasteiger partial charge >= 0.3 is 0 Å². The zero-order valence-corrected chi connectivity index (χ0v) is 12.3. The predicted octanol–water partition coefficient (Wildman–Crippen LogP) is 4.36. The third-order valence-electron chi connectivity index (χ3n) is 4.11. The van der Waals surface area contributed by atoms with E-state index >= 15 is 0 Å². The lowest BCUT2D eigenvalue weighted by atomic mass is 9.78. The van der Waals surface area contributed by atoms with Gasteiger partial charge in [-0.2, -0.15) is 0 Å². The Morgan fingerprint density at radius 1 is 1.35 bits per heavy atom. The Hall–Kier alpha value is -0.0500. The highest BCUT2D eigenvalue weighted by atomic mass is 35.5. The first-order chi connectivity index (χ1) is 8.16. The van der Waals surface area contributed by atoms with Crippen LogP contribution < -0.4 is 5.32 Å². The number of nitrogens with one attached hydrogen (secondary N) is 1. The molecule has 0 saturated heterocycles. The van der Waals surface area contributed by atoms with Gasteiger partial charge in [-0.1, -0.05) is 38.3 Å². The van der Waals surface area contributed by atoms with Gasteiger partial charge in [0, 0.05) is 17.5 Å². The molecule has 2 rings (SSSR count). The average Bonchev–Trinajstić information content (AvgIpc) is 2.70. The van der Waals surface area contributed by atoms with Crippen molar-refractivity contribution in [2.45, 2.75) is 45.6 Å². The van der Waals surface area contributed by atoms with Crippen LogP contribution in [0, 0.1) is 11.8 Å². The average molecular weight is 272 g/mol. The predicted molar refractivity (Wildman–Crippen MR) is 77.0 cm³/mol. The summed E-state index contributed by atoms with van der Waals surface area (Å²) in [6, 6.07) is 4.85. The number of halogens is 1. The first-order valence-electron chi connectivity index (χ1n) is 6.64. The molecule has 0 aliphatic heterocycles. The highest BCUT2D eigenvalue weighted by Gasteiger charge is 2.26. The maximum absolute atomic E-state index is 5.93. The molecule has 0 aromatic carbocycles. The molecule has 1 heterocycles. The van der Waals surface area contributed by atoms with Crippen LogP contribution >= 0.6 is 22.9 Å². The molecule has 0 radical (unpaired) electrons. The van der Waals surface area contributed by atoms with E-state index in [1.807, 2.05) is 6.07 Å². The molecule has 1 nitrogen and oxygen atoms in total. The van der Waals surface area contributed by atoms with E-state index in [2.05, 4.69) is 25.2 Å². The minimum atomic E-state index is 0.717. The van der Waals surface area contributed by atoms with Gasteiger partial charge in [0.15, 0.2) is 0 Å². The Balaban J connectivity index is 1.74. The quantitative estimate of drug-likeness (QED) is 0.858. The van der Waals surface area contributed by atoms with Crippen LogP contribution in [0.3, 0.4) is 0 Å². The molecule has 1 aliphatic carbocycles. The third-order valence-corrected chi connectivity index (χ3v) is 5.40. The van der Waals surface area contributed by atoms with Crippen molar-refractivity contribution in [3.8, 4) is 0 Å². The summed E-state index contributed by atoms with van der Waals surface area (Å²) in [6.45, 7) is 5.86. The summed E-state index contributed by atoms with van der Waals surface area (Å²) < 4.78 is 0.902. The molecule has 1 aromatic rings. The topological polar surface area (TPSA) is 12.0 Å². The van der Waals surface area contributed by atoms with Crippen LogP contribution in [0.2, 0.25) is 4.34 Å². The Morgan fingerprint density at radius 2 is 2.18 bits per heavy atom. The van der Waals surface area contributed by atoms with Gasteiger partial charge in [-0.05, 0) is 36.8 Å². The maximum atomic E-state index is 5.93. The van der Waals surface area contributed by atoms with E-state index in [1.54, 1.807) is 11.3 Å². The van der Waals surface area contributed by atoms with Crippen molar-refractivity contribution in [1.29, 1.82) is 0 Å². The van der Waals surface area contributed by atoms with Crippen molar-refractivity contribution in [2.24, 2.45) is 11.8 Å². The lowest BCUT2D eigenvalue weighted by molar-refractivity contribution is 0.208. The fourth-order valence-electron chi connectivity index (χ4n) is 2.74. The second-order valence-electron chi connectivity index (χ2n) is 5.28. The standard InChI is InChI=1S/C14H22ClNS/c1-10-4-3-5-13(11(10)2)16-9-8-12-6-7-14(15)17-12/h6-7,10-11,13,16H,3-5,8-9H2,1-2H3. The van der Waals surface area contributed by atoms with E-state index in [1.165, 1.54) is 24.1 Å². The molecule has 3 heteroatoms. The van der Waals surface area contributed by atoms with Gasteiger partial charge in [-0.25, -0.2) is 0 Å². The number of thiophene rings is 1. The van der Waals surface area contributed by atoms with Crippen molar-refractivity contribution < 1.29 is 0 Å². The van der Waals surface area contributed by atoms with Crippen LogP contribution in [-0.4, -0.2) is 12.6 Å². The summed E-state index contributed by atoms with van der Waals surface area (Å²) in [5, 5.41) is 3.72. The molecule has 1 saturated carbocycles. The van der Waals surface area contributed by atoms with Gasteiger partial charge < -0.3 is 5.32 Å². The van der Waals surface area contributed by atoms with Crippen molar-refractivity contribution in [3.63, 3.8) is 0 Å². The van der Waals surface area contributed by atoms with Crippen LogP contribution in [0.4, 0.5) is 0 Å². The van der Waals surface area contributed by atoms with Gasteiger partial charge in [0.2, 0.25) is 0 Å². The first kappa shape index (κ1) is 13.4. The van der Waals surface area contributed by atoms with E-state index in [0.29, 0.717) is 6.04 Å². The smallest absolute Gasteiger partial charge is 0.0931 e. The molecule has 96 valence electrons. The fourth-order valence-corrected chi connectivity index (χ4v) is 3.82. The maximum Gasteiger partial charge on any atom is 0.0931 e. The van der Waals surface area contributed by atoms with E-state index in [-0.39, 0.29) is 0 Å². The number of rotatable bonds is 4. The van der Waals surface area contributed by atoms with Gasteiger partial charge in [0.05, 0.1) is 4.34 Å².